The molecule has 0 aliphatic carbocycles. The number of H-pyrrole nitrogens is 1. The number of nitrogens with zero attached hydrogens (tertiary/aromatic N) is 2. The summed E-state index contributed by atoms with van der Waals surface area (Å²) < 4.78 is 6.89. The lowest BCUT2D eigenvalue weighted by Gasteiger charge is -2.30. The molecular weight excluding hydrogens is 320 g/mol. The van der Waals surface area contributed by atoms with E-state index >= 15 is 0 Å². The van der Waals surface area contributed by atoms with Crippen LogP contribution in [0.1, 0.15) is 16.9 Å². The Kier molecular flexibility index (Phi) is 3.77. The van der Waals surface area contributed by atoms with Crippen molar-refractivity contribution in [2.24, 2.45) is 0 Å². The van der Waals surface area contributed by atoms with Gasteiger partial charge in [-0.25, -0.2) is 9.36 Å². The fraction of sp³-hybridized carbons (Fsp3) is 0.222. The predicted molar refractivity (Wildman–Crippen MR) is 93.8 cm³/mol. The van der Waals surface area contributed by atoms with Gasteiger partial charge in [0.25, 0.3) is 5.56 Å². The molecule has 1 aliphatic heterocycles. The molecule has 0 bridgehead atoms. The van der Waals surface area contributed by atoms with Crippen molar-refractivity contribution in [2.45, 2.75) is 20.0 Å². The van der Waals surface area contributed by atoms with Crippen LogP contribution in [0.25, 0.3) is 5.69 Å². The number of hydrogen-bond donors (Lipinski definition) is 2. The Morgan fingerprint density at radius 2 is 2.08 bits per heavy atom. The van der Waals surface area contributed by atoms with E-state index in [2.05, 4.69) is 10.3 Å². The highest BCUT2D eigenvalue weighted by molar-refractivity contribution is 5.52. The molecule has 0 unspecified atom stereocenters. The summed E-state index contributed by atoms with van der Waals surface area (Å²) in [6, 6.07) is 11.4. The number of aryl methyl sites for hydroxylation is 1. The third-order valence-electron chi connectivity index (χ3n) is 4.28. The zero-order valence-corrected chi connectivity index (χ0v) is 13.8. The first-order chi connectivity index (χ1) is 12.1. The molecule has 4 rings (SSSR count). The normalized spacial score (nSPS) is 14.1. The van der Waals surface area contributed by atoms with Crippen molar-refractivity contribution >= 4 is 5.82 Å². The summed E-state index contributed by atoms with van der Waals surface area (Å²) in [7, 11) is 0. The maximum absolute atomic E-state index is 12.4. The van der Waals surface area contributed by atoms with Crippen molar-refractivity contribution in [3.8, 4) is 5.69 Å². The van der Waals surface area contributed by atoms with Gasteiger partial charge in [-0.3, -0.25) is 14.7 Å². The van der Waals surface area contributed by atoms with Crippen LogP contribution in [0, 0.1) is 6.92 Å². The van der Waals surface area contributed by atoms with E-state index in [1.807, 2.05) is 48.2 Å². The molecule has 3 aromatic rings. The number of anilines is 1. The van der Waals surface area contributed by atoms with Crippen molar-refractivity contribution in [2.75, 3.05) is 12.0 Å². The average molecular weight is 338 g/mol. The first kappa shape index (κ1) is 15.5. The number of aromatic amines is 1. The lowest BCUT2D eigenvalue weighted by atomic mass is 10.2. The second-order valence-electron chi connectivity index (χ2n) is 6.16. The molecule has 0 saturated heterocycles. The van der Waals surface area contributed by atoms with E-state index in [4.69, 9.17) is 4.42 Å². The van der Waals surface area contributed by atoms with Crippen molar-refractivity contribution in [1.82, 2.24) is 14.5 Å². The molecule has 0 saturated carbocycles. The molecule has 1 aliphatic rings. The van der Waals surface area contributed by atoms with Gasteiger partial charge in [0.05, 0.1) is 30.7 Å². The first-order valence-electron chi connectivity index (χ1n) is 8.05. The Labute approximate surface area is 143 Å². The van der Waals surface area contributed by atoms with Crippen LogP contribution in [-0.2, 0) is 13.1 Å². The van der Waals surface area contributed by atoms with Crippen LogP contribution in [0.15, 0.2) is 56.7 Å². The van der Waals surface area contributed by atoms with Gasteiger partial charge in [-0.05, 0) is 36.8 Å². The van der Waals surface area contributed by atoms with Gasteiger partial charge in [-0.15, -0.1) is 0 Å². The molecule has 0 fully saturated rings. The molecular formula is C18H18N4O3. The number of fused-ring (bicyclic) bond motifs is 1. The van der Waals surface area contributed by atoms with Crippen molar-refractivity contribution < 1.29 is 4.42 Å². The van der Waals surface area contributed by atoms with E-state index in [-0.39, 0.29) is 5.56 Å². The highest BCUT2D eigenvalue weighted by atomic mass is 16.3. The van der Waals surface area contributed by atoms with Gasteiger partial charge in [-0.2, -0.15) is 0 Å². The second kappa shape index (κ2) is 6.10. The number of rotatable bonds is 3. The Hall–Kier alpha value is -3.06. The molecule has 0 atom stereocenters. The molecule has 0 amide bonds. The zero-order valence-electron chi connectivity index (χ0n) is 13.8. The summed E-state index contributed by atoms with van der Waals surface area (Å²) in [4.78, 5) is 29.2. The zero-order chi connectivity index (χ0) is 17.4. The van der Waals surface area contributed by atoms with Crippen LogP contribution < -0.4 is 16.6 Å². The van der Waals surface area contributed by atoms with Crippen LogP contribution in [-0.4, -0.2) is 21.1 Å². The Bertz CT molecular complexity index is 1020. The van der Waals surface area contributed by atoms with E-state index in [9.17, 15) is 9.59 Å². The number of aromatic nitrogens is 2. The van der Waals surface area contributed by atoms with Crippen LogP contribution in [0.3, 0.4) is 0 Å². The van der Waals surface area contributed by atoms with Crippen LogP contribution in [0.4, 0.5) is 5.82 Å². The van der Waals surface area contributed by atoms with E-state index in [1.165, 1.54) is 4.57 Å². The Balaban J connectivity index is 1.75. The van der Waals surface area contributed by atoms with Gasteiger partial charge in [-0.1, -0.05) is 12.1 Å². The van der Waals surface area contributed by atoms with E-state index in [0.717, 1.165) is 17.0 Å². The molecule has 25 heavy (non-hydrogen) atoms. The standard InChI is InChI=1S/C18H18N4O3/c1-12-4-2-5-13(8-12)22-16-15(17(23)20-18(22)24)10-21(11-19-16)9-14-6-3-7-25-14/h2-8,19H,9-11H2,1H3,(H,20,23,24). The molecule has 3 heterocycles. The molecule has 2 aromatic heterocycles. The number of furan rings is 1. The number of nitrogens with one attached hydrogen (secondary N) is 2. The van der Waals surface area contributed by atoms with Gasteiger partial charge in [0, 0.05) is 6.54 Å². The van der Waals surface area contributed by atoms with Crippen molar-refractivity contribution in [1.29, 1.82) is 0 Å². The fourth-order valence-electron chi connectivity index (χ4n) is 3.12. The smallest absolute Gasteiger partial charge is 0.334 e. The van der Waals surface area contributed by atoms with Crippen molar-refractivity contribution in [3.63, 3.8) is 0 Å². The van der Waals surface area contributed by atoms with Crippen LogP contribution >= 0.6 is 0 Å². The topological polar surface area (TPSA) is 83.3 Å². The molecule has 1 aromatic carbocycles. The third kappa shape index (κ3) is 2.89. The molecule has 7 heteroatoms. The van der Waals surface area contributed by atoms with E-state index in [1.54, 1.807) is 6.26 Å². The molecule has 7 nitrogen and oxygen atoms in total. The quantitative estimate of drug-likeness (QED) is 0.761. The average Bonchev–Trinajstić information content (AvgIpc) is 3.08. The summed E-state index contributed by atoms with van der Waals surface area (Å²) in [5.74, 6) is 1.38. The van der Waals surface area contributed by atoms with Crippen molar-refractivity contribution in [3.05, 3.63) is 80.4 Å². The Morgan fingerprint density at radius 1 is 1.20 bits per heavy atom. The van der Waals surface area contributed by atoms with Gasteiger partial charge in [0.2, 0.25) is 0 Å². The van der Waals surface area contributed by atoms with Crippen LogP contribution in [0.2, 0.25) is 0 Å². The SMILES string of the molecule is Cc1cccc(-n2c3c(c(=O)[nH]c2=O)CN(Cc2ccco2)CN3)c1. The summed E-state index contributed by atoms with van der Waals surface area (Å²) in [6.45, 7) is 3.50. The molecule has 128 valence electrons. The maximum Gasteiger partial charge on any atom is 0.334 e. The third-order valence-corrected chi connectivity index (χ3v) is 4.28. The number of hydrogen-bond acceptors (Lipinski definition) is 5. The van der Waals surface area contributed by atoms with Gasteiger partial charge in [0.1, 0.15) is 11.6 Å². The highest BCUT2D eigenvalue weighted by Crippen LogP contribution is 2.22. The molecule has 0 radical (unpaired) electrons. The van der Waals surface area contributed by atoms with Gasteiger partial charge >= 0.3 is 5.69 Å². The lowest BCUT2D eigenvalue weighted by molar-refractivity contribution is 0.241. The maximum atomic E-state index is 12.4. The minimum absolute atomic E-state index is 0.361. The predicted octanol–water partition coefficient (Wildman–Crippen LogP) is 1.81. The van der Waals surface area contributed by atoms with Gasteiger partial charge < -0.3 is 9.73 Å². The van der Waals surface area contributed by atoms with E-state index < -0.39 is 5.69 Å². The number of benzene rings is 1. The summed E-state index contributed by atoms with van der Waals surface area (Å²) in [5.41, 5.74) is 1.50. The fourth-order valence-corrected chi connectivity index (χ4v) is 3.12. The second-order valence-corrected chi connectivity index (χ2v) is 6.16. The summed E-state index contributed by atoms with van der Waals surface area (Å²) in [6.07, 6.45) is 1.63. The monoisotopic (exact) mass is 338 g/mol. The summed E-state index contributed by atoms with van der Waals surface area (Å²) >= 11 is 0. The van der Waals surface area contributed by atoms with Gasteiger partial charge in [0.15, 0.2) is 0 Å². The van der Waals surface area contributed by atoms with Crippen LogP contribution in [0.5, 0.6) is 0 Å². The largest absolute Gasteiger partial charge is 0.468 e. The van der Waals surface area contributed by atoms with E-state index in [0.29, 0.717) is 31.1 Å². The molecule has 0 spiro atoms. The molecule has 2 N–H and O–H groups in total. The highest BCUT2D eigenvalue weighted by Gasteiger charge is 2.23. The lowest BCUT2D eigenvalue weighted by Crippen LogP contribution is -2.42. The summed E-state index contributed by atoms with van der Waals surface area (Å²) in [5, 5.41) is 3.22. The minimum Gasteiger partial charge on any atom is -0.468 e. The Morgan fingerprint density at radius 3 is 2.84 bits per heavy atom. The minimum atomic E-state index is -0.443. The first-order valence-corrected chi connectivity index (χ1v) is 8.05.